The molecule has 0 aromatic carbocycles. The van der Waals surface area contributed by atoms with Gasteiger partial charge < -0.3 is 19.6 Å². The van der Waals surface area contributed by atoms with Crippen LogP contribution < -0.4 is 5.32 Å². The molecular weight excluding hydrogens is 368 g/mol. The van der Waals surface area contributed by atoms with Gasteiger partial charge in [0.05, 0.1) is 12.7 Å². The molecule has 1 aromatic heterocycles. The maximum Gasteiger partial charge on any atom is 0.528 e. The van der Waals surface area contributed by atoms with E-state index >= 15 is 0 Å². The van der Waals surface area contributed by atoms with Crippen molar-refractivity contribution in [3.8, 4) is 0 Å². The molecule has 1 fully saturated rings. The monoisotopic (exact) mass is 398 g/mol. The van der Waals surface area contributed by atoms with Crippen LogP contribution in [0.3, 0.4) is 0 Å². The Labute approximate surface area is 164 Å². The number of methoxy groups -OCH3 is 1. The van der Waals surface area contributed by atoms with Crippen LogP contribution in [0.2, 0.25) is 0 Å². The van der Waals surface area contributed by atoms with Gasteiger partial charge in [0.1, 0.15) is 10.6 Å². The van der Waals surface area contributed by atoms with Crippen molar-refractivity contribution in [2.24, 2.45) is 0 Å². The van der Waals surface area contributed by atoms with Crippen molar-refractivity contribution in [1.29, 1.82) is 0 Å². The zero-order valence-electron chi connectivity index (χ0n) is 17.0. The Morgan fingerprint density at radius 2 is 1.89 bits per heavy atom. The van der Waals surface area contributed by atoms with Crippen LogP contribution in [0.5, 0.6) is 0 Å². The van der Waals surface area contributed by atoms with Crippen LogP contribution in [0.1, 0.15) is 68.6 Å². The van der Waals surface area contributed by atoms with Gasteiger partial charge in [0.15, 0.2) is 0 Å². The Hall–Kier alpha value is -1.80. The summed E-state index contributed by atoms with van der Waals surface area (Å²) in [5.41, 5.74) is 0.00913. The van der Waals surface area contributed by atoms with E-state index in [2.05, 4.69) is 5.32 Å². The van der Waals surface area contributed by atoms with Crippen LogP contribution >= 0.6 is 11.3 Å². The van der Waals surface area contributed by atoms with Gasteiger partial charge in [0.25, 0.3) is 0 Å². The molecule has 1 aliphatic heterocycles. The highest BCUT2D eigenvalue weighted by Gasteiger charge is 2.28. The molecule has 0 aliphatic carbocycles. The van der Waals surface area contributed by atoms with E-state index in [1.54, 1.807) is 37.2 Å². The second-order valence-electron chi connectivity index (χ2n) is 7.94. The molecule has 1 N–H and O–H groups in total. The van der Waals surface area contributed by atoms with Crippen LogP contribution in [-0.4, -0.2) is 49.0 Å². The van der Waals surface area contributed by atoms with E-state index in [-0.39, 0.29) is 12.0 Å². The number of hydrogen-bond acceptors (Lipinski definition) is 8. The van der Waals surface area contributed by atoms with E-state index < -0.39 is 11.8 Å². The van der Waals surface area contributed by atoms with Crippen LogP contribution in [0.4, 0.5) is 9.80 Å². The summed E-state index contributed by atoms with van der Waals surface area (Å²) in [5, 5.41) is 5.82. The number of thiophene rings is 1. The molecule has 152 valence electrons. The van der Waals surface area contributed by atoms with Gasteiger partial charge in [-0.2, -0.15) is 0 Å². The van der Waals surface area contributed by atoms with Crippen molar-refractivity contribution >= 4 is 28.5 Å². The van der Waals surface area contributed by atoms with E-state index in [0.717, 1.165) is 22.7 Å². The van der Waals surface area contributed by atoms with Crippen molar-refractivity contribution in [3.05, 3.63) is 16.5 Å². The molecule has 1 saturated heterocycles. The van der Waals surface area contributed by atoms with E-state index in [4.69, 9.17) is 14.3 Å². The number of nitrogens with one attached hydrogen (secondary N) is 1. The maximum atomic E-state index is 12.1. The molecule has 0 radical (unpaired) electrons. The summed E-state index contributed by atoms with van der Waals surface area (Å²) < 4.78 is 10.1. The number of ether oxygens (including phenoxy) is 2. The summed E-state index contributed by atoms with van der Waals surface area (Å²) in [5.74, 6) is -0.00838. The van der Waals surface area contributed by atoms with Crippen molar-refractivity contribution in [2.75, 3.05) is 25.5 Å². The smallest absolute Gasteiger partial charge is 0.465 e. The van der Waals surface area contributed by atoms with E-state index in [0.29, 0.717) is 24.6 Å². The van der Waals surface area contributed by atoms with Crippen LogP contribution in [0, 0.1) is 0 Å². The Balaban J connectivity index is 1.98. The molecule has 8 heteroatoms. The summed E-state index contributed by atoms with van der Waals surface area (Å²) in [6, 6.07) is 2.15. The first-order valence-electron chi connectivity index (χ1n) is 9.23. The predicted molar refractivity (Wildman–Crippen MR) is 105 cm³/mol. The maximum absolute atomic E-state index is 12.1. The Morgan fingerprint density at radius 1 is 1.26 bits per heavy atom. The van der Waals surface area contributed by atoms with E-state index in [9.17, 15) is 9.59 Å². The largest absolute Gasteiger partial charge is 0.528 e. The van der Waals surface area contributed by atoms with Crippen molar-refractivity contribution in [3.63, 3.8) is 0 Å². The van der Waals surface area contributed by atoms with Gasteiger partial charge in [-0.05, 0) is 59.4 Å². The average Bonchev–Trinajstić information content (AvgIpc) is 2.96. The first kappa shape index (κ1) is 21.5. The van der Waals surface area contributed by atoms with Crippen LogP contribution in [0.15, 0.2) is 6.07 Å². The fourth-order valence-electron chi connectivity index (χ4n) is 2.85. The third-order valence-corrected chi connectivity index (χ3v) is 5.25. The summed E-state index contributed by atoms with van der Waals surface area (Å²) in [6.07, 6.45) is 1.00. The minimum absolute atomic E-state index is 0.226. The highest BCUT2D eigenvalue weighted by molar-refractivity contribution is 7.16. The summed E-state index contributed by atoms with van der Waals surface area (Å²) in [6.45, 7) is 10.7. The Kier molecular flexibility index (Phi) is 7.11. The number of hydrogen-bond donors (Lipinski definition) is 1. The normalized spacial score (nSPS) is 16.3. The van der Waals surface area contributed by atoms with Crippen LogP contribution in [0.25, 0.3) is 0 Å². The fourth-order valence-corrected chi connectivity index (χ4v) is 4.21. The standard InChI is InChI=1S/C19H30N2O5S/c1-12(2)20-16-14(17(22)24-6)11-15(27-16)13-7-9-21(10-8-13)26-18(23)25-19(3,4)5/h11-13,20H,7-10H2,1-6H3. The Morgan fingerprint density at radius 3 is 2.41 bits per heavy atom. The highest BCUT2D eigenvalue weighted by atomic mass is 32.1. The van der Waals surface area contributed by atoms with Gasteiger partial charge >= 0.3 is 12.1 Å². The predicted octanol–water partition coefficient (Wildman–Crippen LogP) is 4.40. The molecule has 0 spiro atoms. The van der Waals surface area contributed by atoms with Gasteiger partial charge in [-0.3, -0.25) is 0 Å². The summed E-state index contributed by atoms with van der Waals surface area (Å²) in [4.78, 5) is 30.3. The molecule has 2 heterocycles. The van der Waals surface area contributed by atoms with Gasteiger partial charge in [-0.1, -0.05) is 0 Å². The molecule has 1 aliphatic rings. The first-order valence-corrected chi connectivity index (χ1v) is 10.0. The molecule has 2 rings (SSSR count). The van der Waals surface area contributed by atoms with Gasteiger partial charge in [-0.15, -0.1) is 16.4 Å². The fraction of sp³-hybridized carbons (Fsp3) is 0.684. The quantitative estimate of drug-likeness (QED) is 0.737. The molecule has 1 aromatic rings. The molecule has 27 heavy (non-hydrogen) atoms. The van der Waals surface area contributed by atoms with E-state index in [1.165, 1.54) is 7.11 Å². The first-order chi connectivity index (χ1) is 12.6. The second-order valence-corrected chi connectivity index (χ2v) is 9.02. The SMILES string of the molecule is COC(=O)c1cc(C2CCN(OC(=O)OC(C)(C)C)CC2)sc1NC(C)C. The molecule has 0 saturated carbocycles. The Bertz CT molecular complexity index is 658. The summed E-state index contributed by atoms with van der Waals surface area (Å²) in [7, 11) is 1.39. The second kappa shape index (κ2) is 8.93. The van der Waals surface area contributed by atoms with Crippen LogP contribution in [-0.2, 0) is 14.3 Å². The van der Waals surface area contributed by atoms with Crippen molar-refractivity contribution in [1.82, 2.24) is 5.06 Å². The third-order valence-electron chi connectivity index (χ3n) is 4.03. The lowest BCUT2D eigenvalue weighted by molar-refractivity contribution is -0.152. The average molecular weight is 399 g/mol. The third kappa shape index (κ3) is 6.39. The molecule has 0 amide bonds. The number of hydroxylamine groups is 2. The molecule has 7 nitrogen and oxygen atoms in total. The number of carbonyl (C=O) groups is 2. The topological polar surface area (TPSA) is 77.1 Å². The molecule has 0 bridgehead atoms. The van der Waals surface area contributed by atoms with Crippen molar-refractivity contribution in [2.45, 2.75) is 65.0 Å². The zero-order chi connectivity index (χ0) is 20.2. The lowest BCUT2D eigenvalue weighted by Gasteiger charge is -2.30. The zero-order valence-corrected chi connectivity index (χ0v) is 17.8. The lowest BCUT2D eigenvalue weighted by atomic mass is 9.96. The number of esters is 1. The molecule has 0 atom stereocenters. The van der Waals surface area contributed by atoms with Gasteiger partial charge in [-0.25, -0.2) is 9.59 Å². The van der Waals surface area contributed by atoms with Gasteiger partial charge in [0, 0.05) is 24.0 Å². The number of nitrogens with zero attached hydrogens (tertiary/aromatic N) is 1. The number of carbonyl (C=O) groups excluding carboxylic acids is 2. The van der Waals surface area contributed by atoms with E-state index in [1.807, 2.05) is 19.9 Å². The number of anilines is 1. The van der Waals surface area contributed by atoms with Crippen molar-refractivity contribution < 1.29 is 23.9 Å². The molecular formula is C19H30N2O5S. The minimum Gasteiger partial charge on any atom is -0.465 e. The minimum atomic E-state index is -0.673. The number of piperidine rings is 1. The lowest BCUT2D eigenvalue weighted by Crippen LogP contribution is -2.37. The molecule has 0 unspecified atom stereocenters. The number of rotatable bonds is 5. The highest BCUT2D eigenvalue weighted by Crippen LogP contribution is 2.38. The van der Waals surface area contributed by atoms with Gasteiger partial charge in [0.2, 0.25) is 0 Å². The summed E-state index contributed by atoms with van der Waals surface area (Å²) >= 11 is 1.60.